The smallest absolute Gasteiger partial charge is 0.261 e. The molecule has 0 saturated heterocycles. The predicted octanol–water partition coefficient (Wildman–Crippen LogP) is 0.826. The summed E-state index contributed by atoms with van der Waals surface area (Å²) in [5.41, 5.74) is 2.89. The van der Waals surface area contributed by atoms with Gasteiger partial charge >= 0.3 is 0 Å². The Morgan fingerprint density at radius 1 is 1.02 bits per heavy atom. The lowest BCUT2D eigenvalue weighted by Gasteiger charge is -2.50. The van der Waals surface area contributed by atoms with Crippen molar-refractivity contribution >= 4 is 40.7 Å². The maximum absolute atomic E-state index is 14.2. The molecule has 2 aromatic rings. The van der Waals surface area contributed by atoms with E-state index in [2.05, 4.69) is 0 Å². The van der Waals surface area contributed by atoms with Gasteiger partial charge in [-0.05, 0) is 56.6 Å². The number of carbonyl (C=O) groups excluding carboxylic acids is 5. The number of nitrogens with zero attached hydrogens (tertiary/aromatic N) is 3. The van der Waals surface area contributed by atoms with Gasteiger partial charge in [-0.2, -0.15) is 0 Å². The number of nitrogens with two attached hydrogens (primary N) is 1. The van der Waals surface area contributed by atoms with Crippen molar-refractivity contribution in [2.24, 2.45) is 17.6 Å². The molecule has 13 heteroatoms. The molecule has 13 nitrogen and oxygen atoms in total. The summed E-state index contributed by atoms with van der Waals surface area (Å²) in [6.07, 6.45) is 0.0547. The molecule has 1 fully saturated rings. The Bertz CT molecular complexity index is 1790. The number of anilines is 1. The molecule has 45 heavy (non-hydrogen) atoms. The standard InChI is InChI=1S/C32H32N4O9/c1-34(2)19-11-14(12-36-30(43)15-7-5-6-8-16(15)31(36)44)24(37)21-17(19)9-13-10-18-23(35(3)4)26(39)22(29(33)42)28(41)32(18,45)27(40)20(13)25(21)38/h5-8,11,13,18,23,37-38,41,45H,9-10,12H2,1-4H3,(H2,33,42)/t13-,18-,23+,32-/m0/s1. The monoisotopic (exact) mass is 616 g/mol. The van der Waals surface area contributed by atoms with Crippen LogP contribution in [0.1, 0.15) is 43.8 Å². The molecule has 6 rings (SSSR count). The average Bonchev–Trinajstić information content (AvgIpc) is 3.20. The van der Waals surface area contributed by atoms with Crippen LogP contribution in [0.4, 0.5) is 5.69 Å². The minimum atomic E-state index is -2.76. The Kier molecular flexibility index (Phi) is 6.68. The third kappa shape index (κ3) is 3.97. The zero-order valence-corrected chi connectivity index (χ0v) is 25.0. The molecule has 4 aliphatic rings. The van der Waals surface area contributed by atoms with E-state index >= 15 is 0 Å². The van der Waals surface area contributed by atoms with Crippen LogP contribution < -0.4 is 10.6 Å². The Balaban J connectivity index is 1.51. The van der Waals surface area contributed by atoms with Gasteiger partial charge in [-0.3, -0.25) is 33.8 Å². The Hall–Kier alpha value is -5.01. The molecule has 0 radical (unpaired) electrons. The van der Waals surface area contributed by atoms with E-state index in [9.17, 15) is 44.4 Å². The number of phenols is 1. The Morgan fingerprint density at radius 3 is 2.16 bits per heavy atom. The topological polar surface area (TPSA) is 202 Å². The van der Waals surface area contributed by atoms with Crippen molar-refractivity contribution in [3.8, 4) is 5.75 Å². The number of fused-ring (bicyclic) bond motifs is 4. The second-order valence-electron chi connectivity index (χ2n) is 12.4. The Morgan fingerprint density at radius 2 is 1.62 bits per heavy atom. The number of likely N-dealkylation sites (N-methyl/N-ethyl adjacent to an activating group) is 1. The van der Waals surface area contributed by atoms with Gasteiger partial charge in [0, 0.05) is 36.8 Å². The van der Waals surface area contributed by atoms with Crippen LogP contribution in [-0.4, -0.2) is 99.3 Å². The highest BCUT2D eigenvalue weighted by Gasteiger charge is 2.64. The minimum Gasteiger partial charge on any atom is -0.508 e. The molecular weight excluding hydrogens is 584 g/mol. The molecule has 0 spiro atoms. The number of carbonyl (C=O) groups is 5. The lowest BCUT2D eigenvalue weighted by Crippen LogP contribution is -2.65. The molecule has 0 aromatic heterocycles. The van der Waals surface area contributed by atoms with Crippen LogP contribution in [0.2, 0.25) is 0 Å². The molecule has 3 aliphatic carbocycles. The maximum atomic E-state index is 14.2. The second kappa shape index (κ2) is 10.0. The number of amides is 3. The van der Waals surface area contributed by atoms with Crippen molar-refractivity contribution in [1.82, 2.24) is 9.80 Å². The summed E-state index contributed by atoms with van der Waals surface area (Å²) >= 11 is 0. The minimum absolute atomic E-state index is 0.0455. The number of Topliss-reactive ketones (excluding diaryl/α,β-unsaturated/α-hetero) is 2. The highest BCUT2D eigenvalue weighted by Crippen LogP contribution is 2.54. The molecule has 1 heterocycles. The number of phenolic OH excluding ortho intramolecular Hbond substituents is 1. The molecule has 0 unspecified atom stereocenters. The van der Waals surface area contributed by atoms with E-state index in [-0.39, 0.29) is 47.2 Å². The van der Waals surface area contributed by atoms with Crippen LogP contribution in [0, 0.1) is 11.8 Å². The first-order valence-electron chi connectivity index (χ1n) is 14.3. The van der Waals surface area contributed by atoms with Crippen LogP contribution in [0.25, 0.3) is 5.76 Å². The van der Waals surface area contributed by atoms with E-state index in [0.717, 1.165) is 4.90 Å². The predicted molar refractivity (Wildman–Crippen MR) is 159 cm³/mol. The van der Waals surface area contributed by atoms with Gasteiger partial charge in [0.15, 0.2) is 11.4 Å². The first-order chi connectivity index (χ1) is 21.1. The number of rotatable bonds is 5. The van der Waals surface area contributed by atoms with E-state index < -0.39 is 75.6 Å². The average molecular weight is 617 g/mol. The third-order valence-corrected chi connectivity index (χ3v) is 9.46. The van der Waals surface area contributed by atoms with Crippen LogP contribution >= 0.6 is 0 Å². The van der Waals surface area contributed by atoms with Crippen molar-refractivity contribution in [1.29, 1.82) is 0 Å². The van der Waals surface area contributed by atoms with Crippen molar-refractivity contribution < 1.29 is 44.4 Å². The van der Waals surface area contributed by atoms with Gasteiger partial charge < -0.3 is 31.1 Å². The summed E-state index contributed by atoms with van der Waals surface area (Å²) in [6.45, 7) is -0.337. The number of aromatic hydroxyl groups is 1. The maximum Gasteiger partial charge on any atom is 0.261 e. The van der Waals surface area contributed by atoms with Crippen molar-refractivity contribution in [2.45, 2.75) is 31.0 Å². The number of hydrogen-bond acceptors (Lipinski definition) is 11. The molecule has 0 bridgehead atoms. The van der Waals surface area contributed by atoms with Gasteiger partial charge in [0.25, 0.3) is 17.7 Å². The normalized spacial score (nSPS) is 25.8. The van der Waals surface area contributed by atoms with Gasteiger partial charge in [-0.1, -0.05) is 12.1 Å². The number of ketones is 2. The summed E-state index contributed by atoms with van der Waals surface area (Å²) in [5.74, 6) is -8.60. The zero-order valence-electron chi connectivity index (χ0n) is 25.0. The SMILES string of the molecule is CN(C)c1cc(CN2C(=O)c3ccccc3C2=O)c(O)c2c1C[C@H]1C[C@H]3[C@@H](N(C)C)C(=O)C(C(N)=O)=C(O)[C@@]3(O)C(=O)C1=C2O. The number of aliphatic hydroxyl groups is 3. The fourth-order valence-electron chi connectivity index (χ4n) is 7.42. The van der Waals surface area contributed by atoms with Gasteiger partial charge in [0.1, 0.15) is 22.8 Å². The summed E-state index contributed by atoms with van der Waals surface area (Å²) in [5, 5.41) is 46.1. The molecule has 4 atom stereocenters. The van der Waals surface area contributed by atoms with Crippen molar-refractivity contribution in [2.75, 3.05) is 33.1 Å². The van der Waals surface area contributed by atoms with Gasteiger partial charge in [-0.15, -0.1) is 0 Å². The number of imide groups is 1. The van der Waals surface area contributed by atoms with E-state index in [1.54, 1.807) is 37.2 Å². The fourth-order valence-corrected chi connectivity index (χ4v) is 7.42. The van der Waals surface area contributed by atoms with Crippen molar-refractivity contribution in [3.05, 3.63) is 75.1 Å². The van der Waals surface area contributed by atoms with E-state index in [1.807, 2.05) is 0 Å². The largest absolute Gasteiger partial charge is 0.508 e. The first-order valence-corrected chi connectivity index (χ1v) is 14.3. The first kappa shape index (κ1) is 30.0. The molecule has 1 saturated carbocycles. The molecule has 1 aliphatic heterocycles. The van der Waals surface area contributed by atoms with Gasteiger partial charge in [0.2, 0.25) is 5.78 Å². The number of hydrogen-bond donors (Lipinski definition) is 5. The van der Waals surface area contributed by atoms with Crippen LogP contribution in [-0.2, 0) is 27.3 Å². The zero-order chi connectivity index (χ0) is 32.9. The van der Waals surface area contributed by atoms with Gasteiger partial charge in [-0.25, -0.2) is 0 Å². The third-order valence-electron chi connectivity index (χ3n) is 9.46. The summed E-state index contributed by atoms with van der Waals surface area (Å²) in [4.78, 5) is 70.0. The fraction of sp³-hybridized carbons (Fsp3) is 0.344. The van der Waals surface area contributed by atoms with Crippen molar-refractivity contribution in [3.63, 3.8) is 0 Å². The molecule has 3 amide bonds. The second-order valence-corrected chi connectivity index (χ2v) is 12.4. The van der Waals surface area contributed by atoms with E-state index in [1.165, 1.54) is 31.1 Å². The highest BCUT2D eigenvalue weighted by atomic mass is 16.3. The number of aliphatic hydroxyl groups excluding tert-OH is 2. The molecular formula is C32H32N4O9. The highest BCUT2D eigenvalue weighted by molar-refractivity contribution is 6.24. The number of benzene rings is 2. The quantitative estimate of drug-likeness (QED) is 0.235. The van der Waals surface area contributed by atoms with Gasteiger partial charge in [0.05, 0.1) is 29.3 Å². The van der Waals surface area contributed by atoms with E-state index in [4.69, 9.17) is 5.73 Å². The summed E-state index contributed by atoms with van der Waals surface area (Å²) < 4.78 is 0. The lowest BCUT2D eigenvalue weighted by molar-refractivity contribution is -0.153. The lowest BCUT2D eigenvalue weighted by atomic mass is 9.57. The van der Waals surface area contributed by atoms with E-state index in [0.29, 0.717) is 11.3 Å². The number of primary amides is 1. The van der Waals surface area contributed by atoms with Crippen LogP contribution in [0.3, 0.4) is 0 Å². The molecule has 234 valence electrons. The molecule has 2 aromatic carbocycles. The summed E-state index contributed by atoms with van der Waals surface area (Å²) in [6, 6.07) is 6.75. The van der Waals surface area contributed by atoms with Crippen LogP contribution in [0.15, 0.2) is 47.2 Å². The Labute approximate surface area is 257 Å². The summed E-state index contributed by atoms with van der Waals surface area (Å²) in [7, 11) is 6.53. The molecule has 6 N–H and O–H groups in total. The van der Waals surface area contributed by atoms with Crippen LogP contribution in [0.5, 0.6) is 5.75 Å².